The summed E-state index contributed by atoms with van der Waals surface area (Å²) in [4.78, 5) is 14.8. The molecule has 0 bridgehead atoms. The Bertz CT molecular complexity index is 1900. The van der Waals surface area contributed by atoms with Gasteiger partial charge < -0.3 is 0 Å². The minimum absolute atomic E-state index is 0.665. The normalized spacial score (nSPS) is 10.8. The number of hydrogen-bond donors (Lipinski definition) is 0. The minimum Gasteiger partial charge on any atom is -0.208 e. The minimum atomic E-state index is 0.665. The molecule has 0 aliphatic heterocycles. The van der Waals surface area contributed by atoms with Crippen molar-refractivity contribution in [3.8, 4) is 45.3 Å². The average Bonchev–Trinajstić information content (AvgIpc) is 3.05. The largest absolute Gasteiger partial charge is 0.208 e. The summed E-state index contributed by atoms with van der Waals surface area (Å²) in [6.07, 6.45) is 0. The highest BCUT2D eigenvalue weighted by atomic mass is 15.0. The van der Waals surface area contributed by atoms with Crippen molar-refractivity contribution in [2.75, 3.05) is 0 Å². The molecule has 0 unspecified atom stereocenters. The van der Waals surface area contributed by atoms with Crippen molar-refractivity contribution in [3.05, 3.63) is 139 Å². The van der Waals surface area contributed by atoms with E-state index >= 15 is 0 Å². The Morgan fingerprint density at radius 2 is 0.854 bits per heavy atom. The molecule has 1 heterocycles. The van der Waals surface area contributed by atoms with E-state index in [1.807, 2.05) is 74.5 Å². The van der Waals surface area contributed by atoms with Crippen LogP contribution in [-0.2, 0) is 0 Å². The van der Waals surface area contributed by atoms with Crippen molar-refractivity contribution in [3.63, 3.8) is 0 Å². The second-order valence-corrected chi connectivity index (χ2v) is 9.82. The smallest absolute Gasteiger partial charge is 0.164 e. The molecule has 0 spiro atoms. The van der Waals surface area contributed by atoms with Crippen LogP contribution in [0.5, 0.6) is 0 Å². The molecule has 3 nitrogen and oxygen atoms in total. The van der Waals surface area contributed by atoms with Crippen LogP contribution in [0.15, 0.2) is 133 Å². The van der Waals surface area contributed by atoms with Crippen LogP contribution in [0, 0.1) is 6.92 Å². The van der Waals surface area contributed by atoms with Crippen molar-refractivity contribution in [2.45, 2.75) is 20.8 Å². The highest BCUT2D eigenvalue weighted by Gasteiger charge is 2.15. The van der Waals surface area contributed by atoms with Gasteiger partial charge in [0.2, 0.25) is 0 Å². The number of rotatable bonds is 4. The third-order valence-electron chi connectivity index (χ3n) is 7.11. The van der Waals surface area contributed by atoms with Crippen LogP contribution in [0.25, 0.3) is 66.8 Å². The molecule has 0 atom stereocenters. The lowest BCUT2D eigenvalue weighted by Gasteiger charge is -2.14. The Morgan fingerprint density at radius 1 is 0.390 bits per heavy atom. The lowest BCUT2D eigenvalue weighted by Crippen LogP contribution is -2.00. The molecule has 0 saturated heterocycles. The van der Waals surface area contributed by atoms with Crippen LogP contribution in [0.2, 0.25) is 0 Å². The Balaban J connectivity index is 0.00000148. The zero-order valence-electron chi connectivity index (χ0n) is 23.5. The maximum absolute atomic E-state index is 4.97. The highest BCUT2D eigenvalue weighted by Crippen LogP contribution is 2.37. The summed E-state index contributed by atoms with van der Waals surface area (Å²) in [6, 6.07) is 46.4. The number of aromatic nitrogens is 3. The predicted molar refractivity (Wildman–Crippen MR) is 173 cm³/mol. The Kier molecular flexibility index (Phi) is 7.34. The van der Waals surface area contributed by atoms with Crippen molar-refractivity contribution >= 4 is 21.5 Å². The van der Waals surface area contributed by atoms with Crippen molar-refractivity contribution < 1.29 is 0 Å². The molecule has 0 radical (unpaired) electrons. The first-order chi connectivity index (χ1) is 20.2. The third-order valence-corrected chi connectivity index (χ3v) is 7.11. The first-order valence-electron chi connectivity index (χ1n) is 14.1. The van der Waals surface area contributed by atoms with Gasteiger partial charge in [-0.3, -0.25) is 0 Å². The molecule has 0 fully saturated rings. The van der Waals surface area contributed by atoms with Gasteiger partial charge in [0.25, 0.3) is 0 Å². The average molecular weight is 530 g/mol. The number of hydrogen-bond acceptors (Lipinski definition) is 3. The second-order valence-electron chi connectivity index (χ2n) is 9.82. The van der Waals surface area contributed by atoms with Crippen molar-refractivity contribution in [1.29, 1.82) is 0 Å². The van der Waals surface area contributed by atoms with Gasteiger partial charge in [-0.1, -0.05) is 129 Å². The van der Waals surface area contributed by atoms with Gasteiger partial charge in [-0.25, -0.2) is 15.0 Å². The highest BCUT2D eigenvalue weighted by molar-refractivity contribution is 6.13. The zero-order chi connectivity index (χ0) is 28.2. The molecule has 0 N–H and O–H groups in total. The lowest BCUT2D eigenvalue weighted by molar-refractivity contribution is 1.07. The van der Waals surface area contributed by atoms with E-state index in [9.17, 15) is 0 Å². The summed E-state index contributed by atoms with van der Waals surface area (Å²) in [6.45, 7) is 6.13. The van der Waals surface area contributed by atoms with Crippen LogP contribution in [0.4, 0.5) is 0 Å². The van der Waals surface area contributed by atoms with E-state index in [0.29, 0.717) is 17.5 Å². The lowest BCUT2D eigenvalue weighted by atomic mass is 9.91. The van der Waals surface area contributed by atoms with E-state index in [1.165, 1.54) is 27.1 Å². The molecule has 0 aliphatic carbocycles. The maximum Gasteiger partial charge on any atom is 0.164 e. The summed E-state index contributed by atoms with van der Waals surface area (Å²) >= 11 is 0. The molecule has 6 aromatic carbocycles. The van der Waals surface area contributed by atoms with Gasteiger partial charge in [-0.2, -0.15) is 0 Å². The maximum atomic E-state index is 4.97. The van der Waals surface area contributed by atoms with Gasteiger partial charge in [-0.15, -0.1) is 0 Å². The monoisotopic (exact) mass is 529 g/mol. The topological polar surface area (TPSA) is 38.7 Å². The summed E-state index contributed by atoms with van der Waals surface area (Å²) in [5.41, 5.74) is 6.41. The number of fused-ring (bicyclic) bond motifs is 3. The first kappa shape index (κ1) is 26.1. The van der Waals surface area contributed by atoms with Gasteiger partial charge in [-0.05, 0) is 63.4 Å². The van der Waals surface area contributed by atoms with Crippen molar-refractivity contribution in [1.82, 2.24) is 15.0 Å². The van der Waals surface area contributed by atoms with Gasteiger partial charge in [0.05, 0.1) is 0 Å². The Morgan fingerprint density at radius 3 is 1.46 bits per heavy atom. The van der Waals surface area contributed by atoms with Crippen LogP contribution >= 0.6 is 0 Å². The van der Waals surface area contributed by atoms with E-state index in [-0.39, 0.29) is 0 Å². The van der Waals surface area contributed by atoms with E-state index in [4.69, 9.17) is 15.0 Å². The quantitative estimate of drug-likeness (QED) is 0.213. The van der Waals surface area contributed by atoms with E-state index in [0.717, 1.165) is 27.8 Å². The van der Waals surface area contributed by atoms with Crippen LogP contribution in [-0.4, -0.2) is 15.0 Å². The first-order valence-corrected chi connectivity index (χ1v) is 14.1. The van der Waals surface area contributed by atoms with E-state index < -0.39 is 0 Å². The van der Waals surface area contributed by atoms with Crippen LogP contribution in [0.1, 0.15) is 19.4 Å². The molecule has 198 valence electrons. The van der Waals surface area contributed by atoms with Gasteiger partial charge in [0.15, 0.2) is 17.5 Å². The van der Waals surface area contributed by atoms with Gasteiger partial charge >= 0.3 is 0 Å². The molecular formula is C38H31N3. The summed E-state index contributed by atoms with van der Waals surface area (Å²) in [5, 5.41) is 4.99. The predicted octanol–water partition coefficient (Wildman–Crippen LogP) is 10.2. The number of nitrogens with zero attached hydrogens (tertiary/aromatic N) is 3. The molecule has 41 heavy (non-hydrogen) atoms. The van der Waals surface area contributed by atoms with Crippen molar-refractivity contribution in [2.24, 2.45) is 0 Å². The summed E-state index contributed by atoms with van der Waals surface area (Å²) in [5.74, 6) is 2.00. The van der Waals surface area contributed by atoms with Gasteiger partial charge in [0.1, 0.15) is 0 Å². The second kappa shape index (κ2) is 11.5. The molecular weight excluding hydrogens is 498 g/mol. The summed E-state index contributed by atoms with van der Waals surface area (Å²) < 4.78 is 0. The van der Waals surface area contributed by atoms with Crippen LogP contribution in [0.3, 0.4) is 0 Å². The standard InChI is InChI=1S/C36H25N3.C2H6/c1-24-20-28(33-23-27-16-8-9-17-30(27)31-18-10-11-19-32(31)33)22-29(21-24)36-38-34(25-12-4-2-5-13-25)37-35(39-36)26-14-6-3-7-15-26;1-2/h2-23H,1H3;1-2H3. The Hall–Kier alpha value is -5.15. The number of aryl methyl sites for hydroxylation is 1. The zero-order valence-corrected chi connectivity index (χ0v) is 23.5. The van der Waals surface area contributed by atoms with E-state index in [2.05, 4.69) is 79.7 Å². The molecule has 1 aromatic heterocycles. The molecule has 0 saturated carbocycles. The molecule has 0 amide bonds. The molecule has 7 aromatic rings. The fraction of sp³-hybridized carbons (Fsp3) is 0.0789. The third kappa shape index (κ3) is 5.22. The summed E-state index contributed by atoms with van der Waals surface area (Å²) in [7, 11) is 0. The number of benzene rings is 6. The molecule has 7 rings (SSSR count). The van der Waals surface area contributed by atoms with Gasteiger partial charge in [0, 0.05) is 16.7 Å². The molecule has 0 aliphatic rings. The van der Waals surface area contributed by atoms with Crippen LogP contribution < -0.4 is 0 Å². The van der Waals surface area contributed by atoms with E-state index in [1.54, 1.807) is 0 Å². The fourth-order valence-corrected chi connectivity index (χ4v) is 5.30. The SMILES string of the molecule is CC.Cc1cc(-c2nc(-c3ccccc3)nc(-c3ccccc3)n2)cc(-c2cc3ccccc3c3ccccc23)c1. The Labute approximate surface area is 241 Å². The fourth-order valence-electron chi connectivity index (χ4n) is 5.30. The molecule has 3 heteroatoms.